The monoisotopic (exact) mass is 297 g/mol. The SMILES string of the molecule is Nc1cc(-c2cc([N+](=O)[O-])c(N)nc2-c2ccco2)ccn1. The molecule has 0 saturated carbocycles. The van der Waals surface area contributed by atoms with Crippen molar-refractivity contribution in [2.24, 2.45) is 0 Å². The van der Waals surface area contributed by atoms with Crippen LogP contribution in [0.1, 0.15) is 0 Å². The van der Waals surface area contributed by atoms with Crippen molar-refractivity contribution in [3.63, 3.8) is 0 Å². The fraction of sp³-hybridized carbons (Fsp3) is 0. The Labute approximate surface area is 124 Å². The summed E-state index contributed by atoms with van der Waals surface area (Å²) in [5, 5.41) is 11.1. The van der Waals surface area contributed by atoms with Crippen LogP contribution in [0.15, 0.2) is 47.2 Å². The quantitative estimate of drug-likeness (QED) is 0.560. The summed E-state index contributed by atoms with van der Waals surface area (Å²) >= 11 is 0. The number of nitrogens with two attached hydrogens (primary N) is 2. The predicted octanol–water partition coefficient (Wildman–Crippen LogP) is 2.48. The summed E-state index contributed by atoms with van der Waals surface area (Å²) in [5.74, 6) is 0.566. The molecule has 0 aliphatic rings. The summed E-state index contributed by atoms with van der Waals surface area (Å²) in [4.78, 5) is 18.5. The Morgan fingerprint density at radius 3 is 2.68 bits per heavy atom. The summed E-state index contributed by atoms with van der Waals surface area (Å²) in [5.41, 5.74) is 12.6. The second-order valence-corrected chi connectivity index (χ2v) is 4.49. The minimum Gasteiger partial charge on any atom is -0.463 e. The van der Waals surface area contributed by atoms with Gasteiger partial charge in [0.1, 0.15) is 11.5 Å². The lowest BCUT2D eigenvalue weighted by atomic mass is 10.0. The van der Waals surface area contributed by atoms with Crippen LogP contribution in [-0.4, -0.2) is 14.9 Å². The Bertz CT molecular complexity index is 846. The zero-order valence-electron chi connectivity index (χ0n) is 11.3. The molecule has 0 aliphatic carbocycles. The summed E-state index contributed by atoms with van der Waals surface area (Å²) < 4.78 is 5.33. The van der Waals surface area contributed by atoms with Crippen molar-refractivity contribution in [3.8, 4) is 22.6 Å². The molecule has 0 spiro atoms. The topological polar surface area (TPSA) is 134 Å². The Morgan fingerprint density at radius 2 is 2.05 bits per heavy atom. The third kappa shape index (κ3) is 2.33. The summed E-state index contributed by atoms with van der Waals surface area (Å²) in [6, 6.07) is 8.03. The molecule has 0 bridgehead atoms. The van der Waals surface area contributed by atoms with Gasteiger partial charge in [0.05, 0.1) is 11.2 Å². The maximum absolute atomic E-state index is 11.1. The maximum atomic E-state index is 11.1. The molecule has 110 valence electrons. The minimum atomic E-state index is -0.581. The van der Waals surface area contributed by atoms with Crippen LogP contribution in [-0.2, 0) is 0 Å². The highest BCUT2D eigenvalue weighted by molar-refractivity contribution is 5.83. The first-order valence-electron chi connectivity index (χ1n) is 6.27. The minimum absolute atomic E-state index is 0.179. The molecule has 22 heavy (non-hydrogen) atoms. The third-order valence-corrected chi connectivity index (χ3v) is 3.07. The molecule has 0 aromatic carbocycles. The van der Waals surface area contributed by atoms with Gasteiger partial charge in [-0.05, 0) is 29.8 Å². The van der Waals surface area contributed by atoms with Crippen LogP contribution in [0.4, 0.5) is 17.3 Å². The van der Waals surface area contributed by atoms with E-state index in [1.807, 2.05) is 0 Å². The van der Waals surface area contributed by atoms with Gasteiger partial charge in [0, 0.05) is 17.8 Å². The van der Waals surface area contributed by atoms with Gasteiger partial charge in [-0.15, -0.1) is 0 Å². The Balaban J connectivity index is 2.30. The average Bonchev–Trinajstić information content (AvgIpc) is 3.00. The van der Waals surface area contributed by atoms with E-state index in [0.29, 0.717) is 28.4 Å². The van der Waals surface area contributed by atoms with Gasteiger partial charge in [0.2, 0.25) is 5.82 Å². The van der Waals surface area contributed by atoms with Crippen molar-refractivity contribution in [3.05, 3.63) is 52.9 Å². The van der Waals surface area contributed by atoms with Crippen molar-refractivity contribution in [2.45, 2.75) is 0 Å². The highest BCUT2D eigenvalue weighted by Crippen LogP contribution is 2.36. The van der Waals surface area contributed by atoms with E-state index in [4.69, 9.17) is 15.9 Å². The van der Waals surface area contributed by atoms with Crippen LogP contribution in [0, 0.1) is 10.1 Å². The second-order valence-electron chi connectivity index (χ2n) is 4.49. The van der Waals surface area contributed by atoms with Crippen molar-refractivity contribution in [1.29, 1.82) is 0 Å². The van der Waals surface area contributed by atoms with E-state index < -0.39 is 4.92 Å². The van der Waals surface area contributed by atoms with E-state index in [2.05, 4.69) is 9.97 Å². The fourth-order valence-electron chi connectivity index (χ4n) is 2.10. The number of furan rings is 1. The summed E-state index contributed by atoms with van der Waals surface area (Å²) in [6.45, 7) is 0. The van der Waals surface area contributed by atoms with Crippen LogP contribution in [0.2, 0.25) is 0 Å². The van der Waals surface area contributed by atoms with Gasteiger partial charge in [-0.25, -0.2) is 9.97 Å². The van der Waals surface area contributed by atoms with E-state index in [-0.39, 0.29) is 11.5 Å². The number of nitrogens with zero attached hydrogens (tertiary/aromatic N) is 3. The molecule has 8 heteroatoms. The van der Waals surface area contributed by atoms with E-state index in [0.717, 1.165) is 0 Å². The predicted molar refractivity (Wildman–Crippen MR) is 80.6 cm³/mol. The van der Waals surface area contributed by atoms with Gasteiger partial charge in [-0.2, -0.15) is 0 Å². The molecule has 8 nitrogen and oxygen atoms in total. The number of rotatable bonds is 3. The van der Waals surface area contributed by atoms with Crippen LogP contribution in [0.25, 0.3) is 22.6 Å². The second kappa shape index (κ2) is 5.17. The first kappa shape index (κ1) is 13.6. The van der Waals surface area contributed by atoms with Crippen molar-refractivity contribution in [1.82, 2.24) is 9.97 Å². The van der Waals surface area contributed by atoms with Gasteiger partial charge in [-0.1, -0.05) is 0 Å². The fourth-order valence-corrected chi connectivity index (χ4v) is 2.10. The number of anilines is 2. The van der Waals surface area contributed by atoms with Crippen LogP contribution >= 0.6 is 0 Å². The highest BCUT2D eigenvalue weighted by atomic mass is 16.6. The van der Waals surface area contributed by atoms with E-state index in [1.165, 1.54) is 18.5 Å². The average molecular weight is 297 g/mol. The lowest BCUT2D eigenvalue weighted by molar-refractivity contribution is -0.384. The van der Waals surface area contributed by atoms with Crippen molar-refractivity contribution < 1.29 is 9.34 Å². The van der Waals surface area contributed by atoms with Gasteiger partial charge >= 0.3 is 5.69 Å². The molecule has 0 unspecified atom stereocenters. The lowest BCUT2D eigenvalue weighted by Gasteiger charge is -2.09. The zero-order valence-corrected chi connectivity index (χ0v) is 11.3. The molecule has 4 N–H and O–H groups in total. The Hall–Kier alpha value is -3.42. The normalized spacial score (nSPS) is 10.5. The molecule has 0 fully saturated rings. The van der Waals surface area contributed by atoms with Crippen LogP contribution < -0.4 is 11.5 Å². The molecule has 3 aromatic rings. The summed E-state index contributed by atoms with van der Waals surface area (Å²) in [6.07, 6.45) is 3.00. The third-order valence-electron chi connectivity index (χ3n) is 3.07. The molecule has 0 radical (unpaired) electrons. The van der Waals surface area contributed by atoms with E-state index >= 15 is 0 Å². The van der Waals surface area contributed by atoms with Crippen LogP contribution in [0.3, 0.4) is 0 Å². The van der Waals surface area contributed by atoms with Crippen molar-refractivity contribution in [2.75, 3.05) is 11.5 Å². The molecular weight excluding hydrogens is 286 g/mol. The standard InChI is InChI=1S/C14H11N5O3/c15-12-6-8(3-4-17-12)9-7-10(19(20)21)14(16)18-13(9)11-2-1-5-22-11/h1-7H,(H2,15,17)(H2,16,18). The molecule has 0 amide bonds. The number of pyridine rings is 2. The number of hydrogen-bond acceptors (Lipinski definition) is 7. The maximum Gasteiger partial charge on any atom is 0.311 e. The molecule has 3 rings (SSSR count). The first-order valence-corrected chi connectivity index (χ1v) is 6.27. The Kier molecular flexibility index (Phi) is 3.18. The number of hydrogen-bond donors (Lipinski definition) is 2. The first-order chi connectivity index (χ1) is 10.6. The van der Waals surface area contributed by atoms with Crippen molar-refractivity contribution >= 4 is 17.3 Å². The van der Waals surface area contributed by atoms with Gasteiger partial charge < -0.3 is 15.9 Å². The highest BCUT2D eigenvalue weighted by Gasteiger charge is 2.21. The number of nitrogen functional groups attached to an aromatic ring is 2. The largest absolute Gasteiger partial charge is 0.463 e. The molecule has 0 atom stereocenters. The molecule has 0 saturated heterocycles. The van der Waals surface area contributed by atoms with Crippen LogP contribution in [0.5, 0.6) is 0 Å². The number of aromatic nitrogens is 2. The van der Waals surface area contributed by atoms with E-state index in [9.17, 15) is 10.1 Å². The number of nitro groups is 1. The Morgan fingerprint density at radius 1 is 1.23 bits per heavy atom. The van der Waals surface area contributed by atoms with Gasteiger partial charge in [0.25, 0.3) is 0 Å². The lowest BCUT2D eigenvalue weighted by Crippen LogP contribution is -2.01. The van der Waals surface area contributed by atoms with Gasteiger partial charge in [-0.3, -0.25) is 10.1 Å². The van der Waals surface area contributed by atoms with E-state index in [1.54, 1.807) is 24.3 Å². The summed E-state index contributed by atoms with van der Waals surface area (Å²) in [7, 11) is 0. The molecule has 3 heterocycles. The smallest absolute Gasteiger partial charge is 0.311 e. The molecule has 3 aromatic heterocycles. The molecule has 0 aliphatic heterocycles. The molecular formula is C14H11N5O3. The zero-order chi connectivity index (χ0) is 15.7. The van der Waals surface area contributed by atoms with Gasteiger partial charge in [0.15, 0.2) is 5.76 Å².